The summed E-state index contributed by atoms with van der Waals surface area (Å²) in [5.74, 6) is 0. The Balaban J connectivity index is 2.18. The summed E-state index contributed by atoms with van der Waals surface area (Å²) in [5.41, 5.74) is 7.04. The topological polar surface area (TPSA) is 29.3 Å². The molecule has 94 valence electrons. The molecule has 0 bridgehead atoms. The molecule has 1 aromatic rings. The second-order valence-corrected chi connectivity index (χ2v) is 4.97. The molecular formula is C14H22N2S. The summed E-state index contributed by atoms with van der Waals surface area (Å²) in [6, 6.07) is 10.8. The third kappa shape index (κ3) is 5.29. The summed E-state index contributed by atoms with van der Waals surface area (Å²) in [4.78, 5) is 2.79. The van der Waals surface area contributed by atoms with Crippen LogP contribution >= 0.6 is 12.2 Å². The van der Waals surface area contributed by atoms with Crippen LogP contribution in [0.15, 0.2) is 30.3 Å². The highest BCUT2D eigenvalue weighted by atomic mass is 32.1. The van der Waals surface area contributed by atoms with E-state index in [2.05, 4.69) is 49.2 Å². The molecular weight excluding hydrogens is 228 g/mol. The van der Waals surface area contributed by atoms with Gasteiger partial charge < -0.3 is 5.73 Å². The van der Waals surface area contributed by atoms with Crippen molar-refractivity contribution >= 4 is 17.2 Å². The van der Waals surface area contributed by atoms with Gasteiger partial charge in [-0.25, -0.2) is 0 Å². The highest BCUT2D eigenvalue weighted by Crippen LogP contribution is 2.06. The lowest BCUT2D eigenvalue weighted by atomic mass is 10.1. The van der Waals surface area contributed by atoms with Crippen molar-refractivity contribution in [3.05, 3.63) is 35.9 Å². The van der Waals surface area contributed by atoms with Crippen LogP contribution in [0.3, 0.4) is 0 Å². The Hall–Kier alpha value is -0.930. The van der Waals surface area contributed by atoms with Gasteiger partial charge in [-0.2, -0.15) is 0 Å². The fourth-order valence-electron chi connectivity index (χ4n) is 1.75. The highest BCUT2D eigenvalue weighted by Gasteiger charge is 2.10. The van der Waals surface area contributed by atoms with E-state index in [1.165, 1.54) is 18.4 Å². The fourth-order valence-corrected chi connectivity index (χ4v) is 1.93. The molecule has 0 radical (unpaired) electrons. The number of benzene rings is 1. The second-order valence-electron chi connectivity index (χ2n) is 4.50. The Kier molecular flexibility index (Phi) is 6.16. The lowest BCUT2D eigenvalue weighted by molar-refractivity contribution is 0.305. The molecule has 0 aromatic heterocycles. The molecule has 0 spiro atoms. The van der Waals surface area contributed by atoms with Crippen molar-refractivity contribution < 1.29 is 0 Å². The molecule has 1 atom stereocenters. The number of likely N-dealkylation sites (N-methyl/N-ethyl adjacent to an activating group) is 1. The lowest BCUT2D eigenvalue weighted by Gasteiger charge is -2.23. The Morgan fingerprint density at radius 3 is 2.53 bits per heavy atom. The zero-order valence-electron chi connectivity index (χ0n) is 10.7. The third-order valence-electron chi connectivity index (χ3n) is 3.14. The van der Waals surface area contributed by atoms with Crippen LogP contribution in [0.25, 0.3) is 0 Å². The number of aryl methyl sites for hydroxylation is 1. The van der Waals surface area contributed by atoms with Gasteiger partial charge in [0.15, 0.2) is 0 Å². The molecule has 0 aliphatic heterocycles. The standard InChI is InChI=1S/C14H22N2S/c1-12(14(15)17)16(2)11-7-6-10-13-8-4-3-5-9-13/h3-5,8-9,12H,6-7,10-11H2,1-2H3,(H2,15,17). The van der Waals surface area contributed by atoms with E-state index in [1.807, 2.05) is 0 Å². The maximum Gasteiger partial charge on any atom is 0.0899 e. The Morgan fingerprint density at radius 2 is 1.94 bits per heavy atom. The van der Waals surface area contributed by atoms with Crippen LogP contribution in [0.4, 0.5) is 0 Å². The maximum absolute atomic E-state index is 5.62. The molecule has 1 rings (SSSR count). The van der Waals surface area contributed by atoms with Gasteiger partial charge in [0, 0.05) is 0 Å². The normalized spacial score (nSPS) is 12.6. The molecule has 0 saturated heterocycles. The molecule has 0 saturated carbocycles. The zero-order valence-corrected chi connectivity index (χ0v) is 11.5. The first-order valence-electron chi connectivity index (χ1n) is 6.14. The first-order chi connectivity index (χ1) is 8.11. The van der Waals surface area contributed by atoms with Crippen molar-refractivity contribution in [3.8, 4) is 0 Å². The minimum atomic E-state index is 0.196. The lowest BCUT2D eigenvalue weighted by Crippen LogP contribution is -2.39. The van der Waals surface area contributed by atoms with E-state index >= 15 is 0 Å². The molecule has 2 nitrogen and oxygen atoms in total. The summed E-state index contributed by atoms with van der Waals surface area (Å²) >= 11 is 4.99. The molecule has 1 aromatic carbocycles. The second kappa shape index (κ2) is 7.41. The fraction of sp³-hybridized carbons (Fsp3) is 0.500. The van der Waals surface area contributed by atoms with E-state index < -0.39 is 0 Å². The van der Waals surface area contributed by atoms with Crippen molar-refractivity contribution in [2.45, 2.75) is 32.2 Å². The number of thiocarbonyl (C=S) groups is 1. The van der Waals surface area contributed by atoms with E-state index in [1.54, 1.807) is 0 Å². The van der Waals surface area contributed by atoms with E-state index in [4.69, 9.17) is 18.0 Å². The van der Waals surface area contributed by atoms with Crippen molar-refractivity contribution in [1.82, 2.24) is 4.90 Å². The van der Waals surface area contributed by atoms with Gasteiger partial charge in [-0.3, -0.25) is 4.90 Å². The molecule has 0 fully saturated rings. The van der Waals surface area contributed by atoms with Crippen LogP contribution in [0.1, 0.15) is 25.3 Å². The maximum atomic E-state index is 5.62. The zero-order chi connectivity index (χ0) is 12.7. The van der Waals surface area contributed by atoms with Gasteiger partial charge in [-0.1, -0.05) is 42.5 Å². The number of hydrogen-bond donors (Lipinski definition) is 1. The molecule has 0 aliphatic rings. The van der Waals surface area contributed by atoms with Crippen molar-refractivity contribution in [2.75, 3.05) is 13.6 Å². The van der Waals surface area contributed by atoms with Crippen LogP contribution in [-0.4, -0.2) is 29.5 Å². The molecule has 1 unspecified atom stereocenters. The van der Waals surface area contributed by atoms with Crippen LogP contribution < -0.4 is 5.73 Å². The largest absolute Gasteiger partial charge is 0.392 e. The van der Waals surface area contributed by atoms with Crippen molar-refractivity contribution in [2.24, 2.45) is 5.73 Å². The van der Waals surface area contributed by atoms with Gasteiger partial charge in [-0.15, -0.1) is 0 Å². The summed E-state index contributed by atoms with van der Waals surface area (Å²) < 4.78 is 0. The van der Waals surface area contributed by atoms with Crippen LogP contribution in [-0.2, 0) is 6.42 Å². The summed E-state index contributed by atoms with van der Waals surface area (Å²) in [6.45, 7) is 3.10. The monoisotopic (exact) mass is 250 g/mol. The average Bonchev–Trinajstić information content (AvgIpc) is 2.34. The van der Waals surface area contributed by atoms with Crippen LogP contribution in [0, 0.1) is 0 Å². The number of nitrogens with two attached hydrogens (primary N) is 1. The Labute approximate surface area is 110 Å². The van der Waals surface area contributed by atoms with Gasteiger partial charge in [0.1, 0.15) is 0 Å². The average molecular weight is 250 g/mol. The summed E-state index contributed by atoms with van der Waals surface area (Å²) in [5, 5.41) is 0. The third-order valence-corrected chi connectivity index (χ3v) is 3.48. The smallest absolute Gasteiger partial charge is 0.0899 e. The van der Waals surface area contributed by atoms with E-state index in [-0.39, 0.29) is 6.04 Å². The number of unbranched alkanes of at least 4 members (excludes halogenated alkanes) is 1. The van der Waals surface area contributed by atoms with Gasteiger partial charge in [0.2, 0.25) is 0 Å². The molecule has 17 heavy (non-hydrogen) atoms. The van der Waals surface area contributed by atoms with E-state index in [0.717, 1.165) is 13.0 Å². The molecule has 2 N–H and O–H groups in total. The summed E-state index contributed by atoms with van der Waals surface area (Å²) in [7, 11) is 2.08. The minimum absolute atomic E-state index is 0.196. The predicted molar refractivity (Wildman–Crippen MR) is 78.3 cm³/mol. The SMILES string of the molecule is CC(C(N)=S)N(C)CCCCc1ccccc1. The van der Waals surface area contributed by atoms with E-state index in [0.29, 0.717) is 4.99 Å². The molecule has 3 heteroatoms. The first kappa shape index (κ1) is 14.1. The Bertz CT molecular complexity index is 337. The number of hydrogen-bond acceptors (Lipinski definition) is 2. The quantitative estimate of drug-likeness (QED) is 0.596. The van der Waals surface area contributed by atoms with Crippen LogP contribution in [0.2, 0.25) is 0 Å². The van der Waals surface area contributed by atoms with Gasteiger partial charge >= 0.3 is 0 Å². The van der Waals surface area contributed by atoms with Crippen LogP contribution in [0.5, 0.6) is 0 Å². The number of nitrogens with zero attached hydrogens (tertiary/aromatic N) is 1. The van der Waals surface area contributed by atoms with Gasteiger partial charge in [0.25, 0.3) is 0 Å². The molecule has 0 amide bonds. The van der Waals surface area contributed by atoms with Gasteiger partial charge in [-0.05, 0) is 45.3 Å². The molecule has 0 aliphatic carbocycles. The Morgan fingerprint density at radius 1 is 1.29 bits per heavy atom. The highest BCUT2D eigenvalue weighted by molar-refractivity contribution is 7.80. The van der Waals surface area contributed by atoms with Crippen molar-refractivity contribution in [3.63, 3.8) is 0 Å². The molecule has 0 heterocycles. The van der Waals surface area contributed by atoms with Crippen molar-refractivity contribution in [1.29, 1.82) is 0 Å². The number of rotatable bonds is 7. The van der Waals surface area contributed by atoms with Gasteiger partial charge in [0.05, 0.1) is 11.0 Å². The summed E-state index contributed by atoms with van der Waals surface area (Å²) in [6.07, 6.45) is 3.53. The predicted octanol–water partition coefficient (Wildman–Crippen LogP) is 2.62. The first-order valence-corrected chi connectivity index (χ1v) is 6.55. The minimum Gasteiger partial charge on any atom is -0.392 e. The van der Waals surface area contributed by atoms with E-state index in [9.17, 15) is 0 Å².